The first-order valence-electron chi connectivity index (χ1n) is 6.78. The van der Waals surface area contributed by atoms with Crippen LogP contribution in [0.25, 0.3) is 11.0 Å². The van der Waals surface area contributed by atoms with Crippen molar-refractivity contribution in [3.05, 3.63) is 30.2 Å². The van der Waals surface area contributed by atoms with Gasteiger partial charge in [0.25, 0.3) is 0 Å². The van der Waals surface area contributed by atoms with E-state index in [9.17, 15) is 4.79 Å². The van der Waals surface area contributed by atoms with Crippen molar-refractivity contribution < 1.29 is 9.53 Å². The van der Waals surface area contributed by atoms with Gasteiger partial charge in [-0.25, -0.2) is 9.97 Å². The standard InChI is InChI=1S/C15H20N4O2/c1-15(2,3)8-21-14-12-10(11(20)5-4-6-16)7-17-13(12)18-9-19-14/h4-5,7,9H,6,8,16H2,1-3H3,(H,17,18,19)/b5-4+. The van der Waals surface area contributed by atoms with Gasteiger partial charge in [0.05, 0.1) is 17.6 Å². The molecule has 2 aromatic heterocycles. The normalized spacial score (nSPS) is 12.2. The van der Waals surface area contributed by atoms with Crippen molar-refractivity contribution in [1.82, 2.24) is 15.0 Å². The first-order chi connectivity index (χ1) is 9.92. The van der Waals surface area contributed by atoms with Gasteiger partial charge >= 0.3 is 0 Å². The monoisotopic (exact) mass is 288 g/mol. The molecular formula is C15H20N4O2. The molecule has 0 aliphatic carbocycles. The van der Waals surface area contributed by atoms with Crippen molar-refractivity contribution in [2.24, 2.45) is 11.1 Å². The number of allylic oxidation sites excluding steroid dienone is 1. The molecule has 0 aliphatic rings. The molecule has 6 nitrogen and oxygen atoms in total. The highest BCUT2D eigenvalue weighted by molar-refractivity contribution is 6.13. The third-order valence-corrected chi connectivity index (χ3v) is 2.75. The van der Waals surface area contributed by atoms with Gasteiger partial charge in [-0.05, 0) is 11.5 Å². The molecule has 2 rings (SSSR count). The van der Waals surface area contributed by atoms with Crippen LogP contribution >= 0.6 is 0 Å². The summed E-state index contributed by atoms with van der Waals surface area (Å²) >= 11 is 0. The Morgan fingerprint density at radius 3 is 2.86 bits per heavy atom. The molecule has 6 heteroatoms. The van der Waals surface area contributed by atoms with E-state index in [2.05, 4.69) is 35.7 Å². The number of ether oxygens (including phenoxy) is 1. The summed E-state index contributed by atoms with van der Waals surface area (Å²) in [4.78, 5) is 23.4. The molecule has 0 unspecified atom stereocenters. The summed E-state index contributed by atoms with van der Waals surface area (Å²) < 4.78 is 5.77. The highest BCUT2D eigenvalue weighted by atomic mass is 16.5. The molecule has 0 fully saturated rings. The zero-order valence-corrected chi connectivity index (χ0v) is 12.5. The summed E-state index contributed by atoms with van der Waals surface area (Å²) in [5.41, 5.74) is 6.44. The van der Waals surface area contributed by atoms with Crippen molar-refractivity contribution in [2.75, 3.05) is 13.2 Å². The van der Waals surface area contributed by atoms with Crippen molar-refractivity contribution in [2.45, 2.75) is 20.8 Å². The fourth-order valence-electron chi connectivity index (χ4n) is 1.79. The molecule has 2 heterocycles. The summed E-state index contributed by atoms with van der Waals surface area (Å²) in [6.45, 7) is 7.02. The Labute approximate surface area is 123 Å². The summed E-state index contributed by atoms with van der Waals surface area (Å²) in [6.07, 6.45) is 6.09. The number of fused-ring (bicyclic) bond motifs is 1. The number of nitrogens with zero attached hydrogens (tertiary/aromatic N) is 2. The van der Waals surface area contributed by atoms with E-state index in [1.54, 1.807) is 12.3 Å². The maximum atomic E-state index is 12.2. The molecule has 112 valence electrons. The highest BCUT2D eigenvalue weighted by Gasteiger charge is 2.18. The summed E-state index contributed by atoms with van der Waals surface area (Å²) in [5.74, 6) is 0.266. The number of carbonyl (C=O) groups excluding carboxylic acids is 1. The number of nitrogens with one attached hydrogen (secondary N) is 1. The maximum Gasteiger partial charge on any atom is 0.226 e. The Hall–Kier alpha value is -2.21. The highest BCUT2D eigenvalue weighted by Crippen LogP contribution is 2.27. The summed E-state index contributed by atoms with van der Waals surface area (Å²) in [5, 5.41) is 0.605. The molecule has 0 bridgehead atoms. The van der Waals surface area contributed by atoms with Gasteiger partial charge in [-0.1, -0.05) is 26.8 Å². The third kappa shape index (κ3) is 3.66. The molecule has 0 radical (unpaired) electrons. The Kier molecular flexibility index (Phi) is 4.37. The molecule has 3 N–H and O–H groups in total. The molecule has 0 aliphatic heterocycles. The molecule has 0 amide bonds. The molecule has 21 heavy (non-hydrogen) atoms. The van der Waals surface area contributed by atoms with Crippen LogP contribution in [0.1, 0.15) is 31.1 Å². The van der Waals surface area contributed by atoms with E-state index >= 15 is 0 Å². The van der Waals surface area contributed by atoms with Crippen LogP contribution in [-0.4, -0.2) is 33.9 Å². The molecule has 0 spiro atoms. The average Bonchev–Trinajstić information content (AvgIpc) is 2.86. The number of aromatic amines is 1. The van der Waals surface area contributed by atoms with Crippen LogP contribution in [0.15, 0.2) is 24.7 Å². The van der Waals surface area contributed by atoms with Crippen molar-refractivity contribution in [3.63, 3.8) is 0 Å². The van der Waals surface area contributed by atoms with E-state index in [0.717, 1.165) is 0 Å². The maximum absolute atomic E-state index is 12.2. The van der Waals surface area contributed by atoms with Gasteiger partial charge in [0.1, 0.15) is 12.0 Å². The number of hydrogen-bond acceptors (Lipinski definition) is 5. The molecule has 0 aromatic carbocycles. The van der Waals surface area contributed by atoms with E-state index in [0.29, 0.717) is 35.6 Å². The van der Waals surface area contributed by atoms with E-state index in [-0.39, 0.29) is 11.2 Å². The second-order valence-electron chi connectivity index (χ2n) is 5.96. The number of H-pyrrole nitrogens is 1. The predicted molar refractivity (Wildman–Crippen MR) is 81.4 cm³/mol. The lowest BCUT2D eigenvalue weighted by atomic mass is 9.99. The van der Waals surface area contributed by atoms with Gasteiger partial charge in [-0.15, -0.1) is 0 Å². The van der Waals surface area contributed by atoms with Crippen LogP contribution in [0.3, 0.4) is 0 Å². The van der Waals surface area contributed by atoms with Gasteiger partial charge in [0, 0.05) is 12.7 Å². The number of rotatable bonds is 5. The van der Waals surface area contributed by atoms with E-state index < -0.39 is 0 Å². The lowest BCUT2D eigenvalue weighted by Gasteiger charge is -2.18. The van der Waals surface area contributed by atoms with Gasteiger partial charge < -0.3 is 15.5 Å². The second-order valence-corrected chi connectivity index (χ2v) is 5.96. The van der Waals surface area contributed by atoms with Crippen LogP contribution in [0.5, 0.6) is 5.88 Å². The van der Waals surface area contributed by atoms with Gasteiger partial charge in [-0.3, -0.25) is 4.79 Å². The van der Waals surface area contributed by atoms with E-state index in [4.69, 9.17) is 10.5 Å². The van der Waals surface area contributed by atoms with Gasteiger partial charge in [0.15, 0.2) is 5.78 Å². The SMILES string of the molecule is CC(C)(C)COc1ncnc2[nH]cc(C(=O)/C=C/CN)c12. The Balaban J connectivity index is 2.40. The van der Waals surface area contributed by atoms with Crippen molar-refractivity contribution in [1.29, 1.82) is 0 Å². The molecule has 0 saturated heterocycles. The molecule has 0 saturated carbocycles. The Morgan fingerprint density at radius 1 is 1.43 bits per heavy atom. The minimum atomic E-state index is -0.151. The molecule has 0 atom stereocenters. The Morgan fingerprint density at radius 2 is 2.19 bits per heavy atom. The van der Waals surface area contributed by atoms with Crippen molar-refractivity contribution in [3.8, 4) is 5.88 Å². The lowest BCUT2D eigenvalue weighted by molar-refractivity contribution is 0.104. The number of aromatic nitrogens is 3. The smallest absolute Gasteiger partial charge is 0.226 e. The van der Waals surface area contributed by atoms with Crippen LogP contribution in [0.2, 0.25) is 0 Å². The van der Waals surface area contributed by atoms with Crippen LogP contribution in [-0.2, 0) is 0 Å². The van der Waals surface area contributed by atoms with E-state index in [1.165, 1.54) is 12.4 Å². The first kappa shape index (κ1) is 15.2. The zero-order valence-electron chi connectivity index (χ0n) is 12.5. The largest absolute Gasteiger partial charge is 0.477 e. The average molecular weight is 288 g/mol. The number of carbonyl (C=O) groups is 1. The van der Waals surface area contributed by atoms with Crippen molar-refractivity contribution >= 4 is 16.8 Å². The van der Waals surface area contributed by atoms with Gasteiger partial charge in [-0.2, -0.15) is 0 Å². The van der Waals surface area contributed by atoms with Gasteiger partial charge in [0.2, 0.25) is 5.88 Å². The topological polar surface area (TPSA) is 93.9 Å². The number of nitrogens with two attached hydrogens (primary N) is 1. The molecule has 2 aromatic rings. The van der Waals surface area contributed by atoms with E-state index in [1.807, 2.05) is 0 Å². The third-order valence-electron chi connectivity index (χ3n) is 2.75. The quantitative estimate of drug-likeness (QED) is 0.649. The van der Waals surface area contributed by atoms with Crippen LogP contribution in [0.4, 0.5) is 0 Å². The van der Waals surface area contributed by atoms with Crippen LogP contribution < -0.4 is 10.5 Å². The summed E-state index contributed by atoms with van der Waals surface area (Å²) in [7, 11) is 0. The number of hydrogen-bond donors (Lipinski definition) is 2. The minimum Gasteiger partial charge on any atom is -0.477 e. The molecular weight excluding hydrogens is 268 g/mol. The summed E-state index contributed by atoms with van der Waals surface area (Å²) in [6, 6.07) is 0. The Bertz CT molecular complexity index is 668. The first-order valence-corrected chi connectivity index (χ1v) is 6.78. The van der Waals surface area contributed by atoms with Crippen LogP contribution in [0, 0.1) is 5.41 Å². The lowest BCUT2D eigenvalue weighted by Crippen LogP contribution is -2.17. The minimum absolute atomic E-state index is 0.00277. The fourth-order valence-corrected chi connectivity index (χ4v) is 1.79. The zero-order chi connectivity index (χ0) is 15.5. The fraction of sp³-hybridized carbons (Fsp3) is 0.400. The number of ketones is 1. The predicted octanol–water partition coefficient (Wildman–Crippen LogP) is 2.08. The second kappa shape index (κ2) is 6.05.